The summed E-state index contributed by atoms with van der Waals surface area (Å²) in [6, 6.07) is 7.46. The Morgan fingerprint density at radius 1 is 1.50 bits per heavy atom. The smallest absolute Gasteiger partial charge is 0.128 e. The Morgan fingerprint density at radius 3 is 2.79 bits per heavy atom. The molecule has 2 N–H and O–H groups in total. The number of ether oxygens (including phenoxy) is 1. The fraction of sp³-hybridized carbons (Fsp3) is 0.200. The first kappa shape index (κ1) is 10.2. The molecule has 1 aromatic rings. The second-order valence-corrected chi connectivity index (χ2v) is 2.63. The molecule has 0 aliphatic heterocycles. The SMILES string of the molecule is CN/C=C(\N=N)c1ccccc1OC. The van der Waals surface area contributed by atoms with Gasteiger partial charge in [-0.3, -0.25) is 0 Å². The van der Waals surface area contributed by atoms with Crippen molar-refractivity contribution in [2.45, 2.75) is 0 Å². The molecule has 0 atom stereocenters. The molecule has 0 saturated carbocycles. The third kappa shape index (κ3) is 2.10. The molecule has 0 bridgehead atoms. The van der Waals surface area contributed by atoms with Crippen LogP contribution in [0.15, 0.2) is 35.6 Å². The molecule has 0 saturated heterocycles. The molecule has 14 heavy (non-hydrogen) atoms. The van der Waals surface area contributed by atoms with Crippen LogP contribution >= 0.6 is 0 Å². The minimum absolute atomic E-state index is 0.546. The third-order valence-electron chi connectivity index (χ3n) is 1.78. The Balaban J connectivity index is 3.15. The van der Waals surface area contributed by atoms with Crippen molar-refractivity contribution in [3.8, 4) is 5.75 Å². The molecule has 4 heteroatoms. The Kier molecular flexibility index (Phi) is 3.67. The van der Waals surface area contributed by atoms with E-state index >= 15 is 0 Å². The summed E-state index contributed by atoms with van der Waals surface area (Å²) in [6.07, 6.45) is 1.66. The molecule has 0 spiro atoms. The maximum atomic E-state index is 7.03. The molecule has 0 heterocycles. The quantitative estimate of drug-likeness (QED) is 0.717. The number of benzene rings is 1. The maximum absolute atomic E-state index is 7.03. The van der Waals surface area contributed by atoms with Crippen LogP contribution in [0.5, 0.6) is 5.75 Å². The van der Waals surface area contributed by atoms with Crippen molar-refractivity contribution in [3.63, 3.8) is 0 Å². The van der Waals surface area contributed by atoms with E-state index in [-0.39, 0.29) is 0 Å². The lowest BCUT2D eigenvalue weighted by molar-refractivity contribution is 0.413. The first-order valence-corrected chi connectivity index (χ1v) is 4.21. The molecule has 0 fully saturated rings. The molecular formula is C10H13N3O. The summed E-state index contributed by atoms with van der Waals surface area (Å²) in [4.78, 5) is 0. The number of para-hydroxylation sites is 1. The second-order valence-electron chi connectivity index (χ2n) is 2.63. The summed E-state index contributed by atoms with van der Waals surface area (Å²) < 4.78 is 5.16. The zero-order valence-electron chi connectivity index (χ0n) is 8.24. The summed E-state index contributed by atoms with van der Waals surface area (Å²) in [5.41, 5.74) is 8.38. The lowest BCUT2D eigenvalue weighted by atomic mass is 10.1. The molecular weight excluding hydrogens is 178 g/mol. The number of hydrogen-bond acceptors (Lipinski definition) is 4. The third-order valence-corrected chi connectivity index (χ3v) is 1.78. The highest BCUT2D eigenvalue weighted by Crippen LogP contribution is 2.25. The van der Waals surface area contributed by atoms with Crippen LogP contribution in [0, 0.1) is 5.53 Å². The molecule has 4 nitrogen and oxygen atoms in total. The van der Waals surface area contributed by atoms with Crippen LogP contribution in [0.25, 0.3) is 5.70 Å². The second kappa shape index (κ2) is 5.01. The number of hydrogen-bond donors (Lipinski definition) is 2. The highest BCUT2D eigenvalue weighted by atomic mass is 16.5. The van der Waals surface area contributed by atoms with Crippen LogP contribution in [-0.4, -0.2) is 14.2 Å². The molecule has 74 valence electrons. The molecule has 0 aliphatic carbocycles. The van der Waals surface area contributed by atoms with Gasteiger partial charge in [-0.2, -0.15) is 5.11 Å². The molecule has 0 radical (unpaired) electrons. The van der Waals surface area contributed by atoms with Crippen molar-refractivity contribution < 1.29 is 4.74 Å². The van der Waals surface area contributed by atoms with Crippen molar-refractivity contribution in [1.82, 2.24) is 5.32 Å². The summed E-state index contributed by atoms with van der Waals surface area (Å²) in [5.74, 6) is 0.713. The molecule has 0 aromatic heterocycles. The molecule has 1 rings (SSSR count). The number of nitrogens with one attached hydrogen (secondary N) is 2. The van der Waals surface area contributed by atoms with Crippen LogP contribution in [0.1, 0.15) is 5.56 Å². The van der Waals surface area contributed by atoms with Crippen molar-refractivity contribution in [2.75, 3.05) is 14.2 Å². The van der Waals surface area contributed by atoms with E-state index in [0.717, 1.165) is 5.56 Å². The summed E-state index contributed by atoms with van der Waals surface area (Å²) in [5, 5.41) is 6.26. The van der Waals surface area contributed by atoms with Crippen LogP contribution in [0.3, 0.4) is 0 Å². The average molecular weight is 191 g/mol. The zero-order valence-corrected chi connectivity index (χ0v) is 8.24. The first-order chi connectivity index (χ1) is 6.83. The number of nitrogens with zero attached hydrogens (tertiary/aromatic N) is 1. The lowest BCUT2D eigenvalue weighted by Gasteiger charge is -2.06. The molecule has 0 aliphatic rings. The van der Waals surface area contributed by atoms with E-state index in [1.165, 1.54) is 0 Å². The van der Waals surface area contributed by atoms with Crippen LogP contribution < -0.4 is 10.1 Å². The highest BCUT2D eigenvalue weighted by molar-refractivity contribution is 5.68. The highest BCUT2D eigenvalue weighted by Gasteiger charge is 2.05. The normalized spacial score (nSPS) is 10.9. The van der Waals surface area contributed by atoms with Crippen LogP contribution in [-0.2, 0) is 0 Å². The summed E-state index contributed by atoms with van der Waals surface area (Å²) in [7, 11) is 3.36. The fourth-order valence-corrected chi connectivity index (χ4v) is 1.16. The van der Waals surface area contributed by atoms with Crippen molar-refractivity contribution in [2.24, 2.45) is 5.11 Å². The lowest BCUT2D eigenvalue weighted by Crippen LogP contribution is -1.96. The van der Waals surface area contributed by atoms with E-state index in [0.29, 0.717) is 11.4 Å². The monoisotopic (exact) mass is 191 g/mol. The maximum Gasteiger partial charge on any atom is 0.128 e. The predicted molar refractivity (Wildman–Crippen MR) is 55.2 cm³/mol. The zero-order chi connectivity index (χ0) is 10.4. The van der Waals surface area contributed by atoms with Gasteiger partial charge in [0.25, 0.3) is 0 Å². The van der Waals surface area contributed by atoms with Gasteiger partial charge in [0.2, 0.25) is 0 Å². The summed E-state index contributed by atoms with van der Waals surface area (Å²) >= 11 is 0. The van der Waals surface area contributed by atoms with E-state index in [4.69, 9.17) is 10.3 Å². The average Bonchev–Trinajstić information content (AvgIpc) is 2.26. The van der Waals surface area contributed by atoms with E-state index < -0.39 is 0 Å². The standard InChI is InChI=1S/C10H13N3O/c1-12-7-9(13-11)8-5-3-4-6-10(8)14-2/h3-7,11-12H,1-2H3/b9-7-,13-11?. The van der Waals surface area contributed by atoms with Gasteiger partial charge in [-0.05, 0) is 12.1 Å². The van der Waals surface area contributed by atoms with Gasteiger partial charge in [-0.25, -0.2) is 5.53 Å². The predicted octanol–water partition coefficient (Wildman–Crippen LogP) is 2.24. The first-order valence-electron chi connectivity index (χ1n) is 4.21. The topological polar surface area (TPSA) is 57.5 Å². The Labute approximate surface area is 83.1 Å². The van der Waals surface area contributed by atoms with Gasteiger partial charge < -0.3 is 10.1 Å². The van der Waals surface area contributed by atoms with Gasteiger partial charge in [-0.15, -0.1) is 0 Å². The Morgan fingerprint density at radius 2 is 2.21 bits per heavy atom. The van der Waals surface area contributed by atoms with Crippen molar-refractivity contribution in [1.29, 1.82) is 5.53 Å². The van der Waals surface area contributed by atoms with Crippen LogP contribution in [0.2, 0.25) is 0 Å². The summed E-state index contributed by atoms with van der Waals surface area (Å²) in [6.45, 7) is 0. The van der Waals surface area contributed by atoms with Gasteiger partial charge in [0, 0.05) is 18.8 Å². The largest absolute Gasteiger partial charge is 0.496 e. The number of rotatable bonds is 4. The van der Waals surface area contributed by atoms with Crippen molar-refractivity contribution >= 4 is 5.70 Å². The molecule has 0 amide bonds. The van der Waals surface area contributed by atoms with Gasteiger partial charge >= 0.3 is 0 Å². The molecule has 1 aromatic carbocycles. The van der Waals surface area contributed by atoms with Gasteiger partial charge in [0.1, 0.15) is 11.4 Å². The van der Waals surface area contributed by atoms with E-state index in [1.807, 2.05) is 24.3 Å². The Hall–Kier alpha value is -1.84. The van der Waals surface area contributed by atoms with E-state index in [9.17, 15) is 0 Å². The van der Waals surface area contributed by atoms with Gasteiger partial charge in [-0.1, -0.05) is 12.1 Å². The Bertz CT molecular complexity index is 347. The fourth-order valence-electron chi connectivity index (χ4n) is 1.16. The van der Waals surface area contributed by atoms with Gasteiger partial charge in [0.05, 0.1) is 7.11 Å². The van der Waals surface area contributed by atoms with Crippen LogP contribution in [0.4, 0.5) is 0 Å². The van der Waals surface area contributed by atoms with E-state index in [1.54, 1.807) is 20.4 Å². The minimum Gasteiger partial charge on any atom is -0.496 e. The van der Waals surface area contributed by atoms with Crippen molar-refractivity contribution in [3.05, 3.63) is 36.0 Å². The number of methoxy groups -OCH3 is 1. The van der Waals surface area contributed by atoms with Gasteiger partial charge in [0.15, 0.2) is 0 Å². The molecule has 0 unspecified atom stereocenters. The van der Waals surface area contributed by atoms with E-state index in [2.05, 4.69) is 10.4 Å². The minimum atomic E-state index is 0.546.